The molecule has 0 saturated carbocycles. The Bertz CT molecular complexity index is 314. The van der Waals surface area contributed by atoms with Gasteiger partial charge in [0.15, 0.2) is 0 Å². The van der Waals surface area contributed by atoms with E-state index in [9.17, 15) is 4.79 Å². The Kier molecular flexibility index (Phi) is 2.62. The molecule has 12 heavy (non-hydrogen) atoms. The van der Waals surface area contributed by atoms with Crippen molar-refractivity contribution in [3.8, 4) is 0 Å². The van der Waals surface area contributed by atoms with Gasteiger partial charge in [-0.15, -0.1) is 0 Å². The predicted octanol–water partition coefficient (Wildman–Crippen LogP) is 0.647. The zero-order valence-corrected chi connectivity index (χ0v) is 7.22. The molecule has 3 N–H and O–H groups in total. The van der Waals surface area contributed by atoms with Crippen LogP contribution in [-0.4, -0.2) is 10.9 Å². The summed E-state index contributed by atoms with van der Waals surface area (Å²) in [7, 11) is 0. The monoisotopic (exact) mass is 185 g/mol. The van der Waals surface area contributed by atoms with Gasteiger partial charge in [-0.05, 0) is 18.6 Å². The summed E-state index contributed by atoms with van der Waals surface area (Å²) < 4.78 is 0. The molecule has 1 amide bonds. The van der Waals surface area contributed by atoms with Crippen molar-refractivity contribution in [1.29, 1.82) is 0 Å². The highest BCUT2D eigenvalue weighted by Gasteiger charge is 2.09. The number of hydrazine groups is 1. The highest BCUT2D eigenvalue weighted by molar-refractivity contribution is 6.30. The highest BCUT2D eigenvalue weighted by atomic mass is 35.5. The SMILES string of the molecule is Cc1c(C(=O)NN)ccnc1Cl. The first-order valence-electron chi connectivity index (χ1n) is 3.29. The Labute approximate surface area is 74.7 Å². The Morgan fingerprint density at radius 3 is 3.00 bits per heavy atom. The van der Waals surface area contributed by atoms with Crippen molar-refractivity contribution in [3.05, 3.63) is 28.5 Å². The predicted molar refractivity (Wildman–Crippen MR) is 45.6 cm³/mol. The molecule has 0 aliphatic heterocycles. The Balaban J connectivity index is 3.16. The number of nitrogens with one attached hydrogen (secondary N) is 1. The molecule has 0 radical (unpaired) electrons. The number of pyridine rings is 1. The first-order valence-corrected chi connectivity index (χ1v) is 3.66. The van der Waals surface area contributed by atoms with Crippen LogP contribution >= 0.6 is 11.6 Å². The van der Waals surface area contributed by atoms with Gasteiger partial charge in [-0.1, -0.05) is 11.6 Å². The molecule has 64 valence electrons. The molecule has 0 aliphatic rings. The summed E-state index contributed by atoms with van der Waals surface area (Å²) >= 11 is 5.68. The first kappa shape index (κ1) is 8.96. The zero-order valence-electron chi connectivity index (χ0n) is 6.47. The van der Waals surface area contributed by atoms with Crippen molar-refractivity contribution in [3.63, 3.8) is 0 Å². The average Bonchev–Trinajstić information content (AvgIpc) is 2.08. The lowest BCUT2D eigenvalue weighted by Crippen LogP contribution is -2.30. The van der Waals surface area contributed by atoms with Crippen LogP contribution in [0.4, 0.5) is 0 Å². The lowest BCUT2D eigenvalue weighted by molar-refractivity contribution is 0.0953. The van der Waals surface area contributed by atoms with E-state index in [1.54, 1.807) is 13.0 Å². The normalized spacial score (nSPS) is 9.58. The van der Waals surface area contributed by atoms with Crippen LogP contribution in [0.3, 0.4) is 0 Å². The molecular formula is C7H8ClN3O. The van der Waals surface area contributed by atoms with Gasteiger partial charge in [0.2, 0.25) is 0 Å². The number of rotatable bonds is 1. The zero-order chi connectivity index (χ0) is 9.14. The van der Waals surface area contributed by atoms with Crippen LogP contribution in [0.2, 0.25) is 5.15 Å². The molecule has 0 aromatic carbocycles. The lowest BCUT2D eigenvalue weighted by atomic mass is 10.1. The van der Waals surface area contributed by atoms with E-state index in [2.05, 4.69) is 4.98 Å². The summed E-state index contributed by atoms with van der Waals surface area (Å²) in [6.45, 7) is 1.71. The number of aromatic nitrogens is 1. The molecule has 4 nitrogen and oxygen atoms in total. The maximum atomic E-state index is 11.1. The standard InChI is InChI=1S/C7H8ClN3O/c1-4-5(7(12)11-9)2-3-10-6(4)8/h2-3H,9H2,1H3,(H,11,12). The van der Waals surface area contributed by atoms with Gasteiger partial charge >= 0.3 is 0 Å². The number of nitrogen functional groups attached to an aromatic ring is 1. The number of amides is 1. The third kappa shape index (κ3) is 1.54. The summed E-state index contributed by atoms with van der Waals surface area (Å²) in [6.07, 6.45) is 1.46. The van der Waals surface area contributed by atoms with E-state index in [1.807, 2.05) is 5.43 Å². The largest absolute Gasteiger partial charge is 0.290 e. The first-order chi connectivity index (χ1) is 5.66. The Hall–Kier alpha value is -1.13. The third-order valence-corrected chi connectivity index (χ3v) is 1.90. The minimum absolute atomic E-state index is 0.316. The van der Waals surface area contributed by atoms with Gasteiger partial charge < -0.3 is 0 Å². The average molecular weight is 186 g/mol. The van der Waals surface area contributed by atoms with Gasteiger partial charge in [0.1, 0.15) is 5.15 Å². The Morgan fingerprint density at radius 2 is 2.42 bits per heavy atom. The number of hydrogen-bond acceptors (Lipinski definition) is 3. The van der Waals surface area contributed by atoms with Gasteiger partial charge in [-0.25, -0.2) is 10.8 Å². The maximum absolute atomic E-state index is 11.1. The van der Waals surface area contributed by atoms with Crippen molar-refractivity contribution in [2.24, 2.45) is 5.84 Å². The highest BCUT2D eigenvalue weighted by Crippen LogP contribution is 2.14. The molecule has 0 unspecified atom stereocenters. The molecule has 1 aromatic rings. The smallest absolute Gasteiger partial charge is 0.265 e. The lowest BCUT2D eigenvalue weighted by Gasteiger charge is -2.03. The topological polar surface area (TPSA) is 68.0 Å². The fourth-order valence-corrected chi connectivity index (χ4v) is 0.992. The van der Waals surface area contributed by atoms with Crippen LogP contribution in [0.25, 0.3) is 0 Å². The second-order valence-electron chi connectivity index (χ2n) is 2.25. The van der Waals surface area contributed by atoms with Crippen molar-refractivity contribution < 1.29 is 4.79 Å². The molecule has 0 saturated heterocycles. The van der Waals surface area contributed by atoms with Crippen LogP contribution in [0.15, 0.2) is 12.3 Å². The van der Waals surface area contributed by atoms with E-state index >= 15 is 0 Å². The van der Waals surface area contributed by atoms with Crippen LogP contribution in [0, 0.1) is 6.92 Å². The summed E-state index contributed by atoms with van der Waals surface area (Å²) in [5, 5.41) is 0.316. The van der Waals surface area contributed by atoms with Crippen molar-refractivity contribution in [2.75, 3.05) is 0 Å². The molecule has 1 aromatic heterocycles. The van der Waals surface area contributed by atoms with Gasteiger partial charge in [0.05, 0.1) is 0 Å². The van der Waals surface area contributed by atoms with E-state index < -0.39 is 0 Å². The number of hydrogen-bond donors (Lipinski definition) is 2. The molecule has 0 atom stereocenters. The fourth-order valence-electron chi connectivity index (χ4n) is 0.834. The van der Waals surface area contributed by atoms with Crippen molar-refractivity contribution in [2.45, 2.75) is 6.92 Å². The number of carbonyl (C=O) groups excluding carboxylic acids is 1. The van der Waals surface area contributed by atoms with Crippen LogP contribution in [0.5, 0.6) is 0 Å². The number of carbonyl (C=O) groups is 1. The van der Waals surface area contributed by atoms with Crippen LogP contribution in [-0.2, 0) is 0 Å². The van der Waals surface area contributed by atoms with Gasteiger partial charge in [-0.3, -0.25) is 10.2 Å². The number of halogens is 1. The van der Waals surface area contributed by atoms with E-state index in [-0.39, 0.29) is 5.91 Å². The molecule has 1 heterocycles. The molecular weight excluding hydrogens is 178 g/mol. The fraction of sp³-hybridized carbons (Fsp3) is 0.143. The summed E-state index contributed by atoms with van der Waals surface area (Å²) in [5.74, 6) is 4.60. The molecule has 1 rings (SSSR count). The molecule has 0 aliphatic carbocycles. The van der Waals surface area contributed by atoms with E-state index in [1.165, 1.54) is 6.20 Å². The van der Waals surface area contributed by atoms with E-state index in [0.717, 1.165) is 0 Å². The quantitative estimate of drug-likeness (QED) is 0.292. The van der Waals surface area contributed by atoms with Gasteiger partial charge in [-0.2, -0.15) is 0 Å². The minimum Gasteiger partial charge on any atom is -0.290 e. The van der Waals surface area contributed by atoms with Gasteiger partial charge in [0, 0.05) is 11.8 Å². The van der Waals surface area contributed by atoms with Crippen LogP contribution in [0.1, 0.15) is 15.9 Å². The molecule has 0 bridgehead atoms. The molecule has 0 fully saturated rings. The molecule has 5 heteroatoms. The second-order valence-corrected chi connectivity index (χ2v) is 2.61. The van der Waals surface area contributed by atoms with E-state index in [4.69, 9.17) is 17.4 Å². The summed E-state index contributed by atoms with van der Waals surface area (Å²) in [6, 6.07) is 1.56. The van der Waals surface area contributed by atoms with Crippen molar-refractivity contribution in [1.82, 2.24) is 10.4 Å². The summed E-state index contributed by atoms with van der Waals surface area (Å²) in [4.78, 5) is 14.9. The van der Waals surface area contributed by atoms with Gasteiger partial charge in [0.25, 0.3) is 5.91 Å². The third-order valence-electron chi connectivity index (χ3n) is 1.52. The maximum Gasteiger partial charge on any atom is 0.265 e. The van der Waals surface area contributed by atoms with Crippen LogP contribution < -0.4 is 11.3 Å². The Morgan fingerprint density at radius 1 is 1.75 bits per heavy atom. The minimum atomic E-state index is -0.364. The van der Waals surface area contributed by atoms with Crippen molar-refractivity contribution >= 4 is 17.5 Å². The molecule has 0 spiro atoms. The number of nitrogens with zero attached hydrogens (tertiary/aromatic N) is 1. The van der Waals surface area contributed by atoms with E-state index in [0.29, 0.717) is 16.3 Å². The second kappa shape index (κ2) is 3.51. The summed E-state index contributed by atoms with van der Waals surface area (Å²) in [5.41, 5.74) is 3.09. The number of nitrogens with two attached hydrogens (primary N) is 1.